The lowest BCUT2D eigenvalue weighted by molar-refractivity contribution is 0.272. The molecule has 0 saturated carbocycles. The minimum absolute atomic E-state index is 0.0260. The van der Waals surface area contributed by atoms with E-state index in [1.807, 2.05) is 33.8 Å². The van der Waals surface area contributed by atoms with E-state index in [-0.39, 0.29) is 11.7 Å². The van der Waals surface area contributed by atoms with Gasteiger partial charge in [-0.3, -0.25) is 14.9 Å². The number of nitrogens with two attached hydrogens (primary N) is 1. The van der Waals surface area contributed by atoms with Gasteiger partial charge in [0.05, 0.1) is 6.34 Å². The van der Waals surface area contributed by atoms with E-state index in [0.717, 1.165) is 29.3 Å². The Balaban J connectivity index is 2.58. The molecule has 2 unspecified atom stereocenters. The number of alkyl halides is 1. The Hall–Kier alpha value is -2.54. The normalized spacial score (nSPS) is 22.5. The van der Waals surface area contributed by atoms with Gasteiger partial charge in [-0.2, -0.15) is 0 Å². The second kappa shape index (κ2) is 11.7. The van der Waals surface area contributed by atoms with Crippen molar-refractivity contribution in [2.75, 3.05) is 19.6 Å². The Kier molecular flexibility index (Phi) is 9.37. The predicted molar refractivity (Wildman–Crippen MR) is 124 cm³/mol. The molecule has 2 rings (SSSR count). The number of allylic oxidation sites excluding steroid dienone is 1. The number of phenols is 1. The minimum atomic E-state index is -0.844. The molecule has 1 saturated heterocycles. The number of nitrogens with zero attached hydrogens (tertiary/aromatic N) is 3. The fraction of sp³-hybridized carbons (Fsp3) is 0.500. The molecule has 31 heavy (non-hydrogen) atoms. The van der Waals surface area contributed by atoms with E-state index in [2.05, 4.69) is 14.9 Å². The third-order valence-corrected chi connectivity index (χ3v) is 5.82. The number of halogens is 2. The molecule has 0 aromatic heterocycles. The first-order valence-corrected chi connectivity index (χ1v) is 10.8. The number of hydrogen-bond donors (Lipinski definition) is 2. The SMILES string of the molecule is C\C=C/N=C(C)/C(CN1CC(F)C(CC)C1)=C(/CC)[C@@H](N=CN)c1ccc(F)cc1O. The first-order chi connectivity index (χ1) is 14.9. The van der Waals surface area contributed by atoms with Crippen LogP contribution in [0, 0.1) is 11.7 Å². The quantitative estimate of drug-likeness (QED) is 0.429. The Labute approximate surface area is 184 Å². The lowest BCUT2D eigenvalue weighted by atomic mass is 9.90. The molecular weight excluding hydrogens is 398 g/mol. The zero-order valence-corrected chi connectivity index (χ0v) is 18.9. The number of likely N-dealkylation sites (tertiary alicyclic amines) is 1. The lowest BCUT2D eigenvalue weighted by Gasteiger charge is -2.25. The summed E-state index contributed by atoms with van der Waals surface area (Å²) < 4.78 is 28.0. The van der Waals surface area contributed by atoms with Crippen molar-refractivity contribution >= 4 is 12.1 Å². The molecule has 0 amide bonds. The molecule has 1 fully saturated rings. The summed E-state index contributed by atoms with van der Waals surface area (Å²) in [6, 6.07) is 3.30. The van der Waals surface area contributed by atoms with Gasteiger partial charge in [-0.25, -0.2) is 8.78 Å². The summed E-state index contributed by atoms with van der Waals surface area (Å²) in [5.74, 6) is -0.681. The highest BCUT2D eigenvalue weighted by Crippen LogP contribution is 2.37. The molecule has 1 aliphatic heterocycles. The summed E-state index contributed by atoms with van der Waals surface area (Å²) in [4.78, 5) is 11.0. The van der Waals surface area contributed by atoms with Crippen LogP contribution >= 0.6 is 0 Å². The average molecular weight is 433 g/mol. The van der Waals surface area contributed by atoms with Crippen LogP contribution in [0.1, 0.15) is 52.1 Å². The van der Waals surface area contributed by atoms with E-state index in [1.165, 1.54) is 18.5 Å². The molecule has 5 nitrogen and oxygen atoms in total. The summed E-state index contributed by atoms with van der Waals surface area (Å²) in [6.07, 6.45) is 5.32. The summed E-state index contributed by atoms with van der Waals surface area (Å²) >= 11 is 0. The summed E-state index contributed by atoms with van der Waals surface area (Å²) in [7, 11) is 0. The van der Waals surface area contributed by atoms with Crippen molar-refractivity contribution < 1.29 is 13.9 Å². The van der Waals surface area contributed by atoms with E-state index in [0.29, 0.717) is 31.6 Å². The zero-order chi connectivity index (χ0) is 23.0. The number of benzene rings is 1. The maximum absolute atomic E-state index is 14.4. The summed E-state index contributed by atoms with van der Waals surface area (Å²) in [6.45, 7) is 9.39. The summed E-state index contributed by atoms with van der Waals surface area (Å²) in [5.41, 5.74) is 8.74. The average Bonchev–Trinajstić information content (AvgIpc) is 3.10. The number of phenolic OH excluding ortho intramolecular Hbond substituents is 1. The molecule has 170 valence electrons. The molecule has 1 heterocycles. The van der Waals surface area contributed by atoms with Gasteiger partial charge >= 0.3 is 0 Å². The Bertz CT molecular complexity index is 863. The third-order valence-electron chi connectivity index (χ3n) is 5.82. The second-order valence-corrected chi connectivity index (χ2v) is 7.84. The molecular formula is C24H34F2N4O. The largest absolute Gasteiger partial charge is 0.507 e. The fourth-order valence-corrected chi connectivity index (χ4v) is 4.13. The first-order valence-electron chi connectivity index (χ1n) is 10.8. The van der Waals surface area contributed by atoms with Crippen LogP contribution in [0.5, 0.6) is 5.75 Å². The van der Waals surface area contributed by atoms with E-state index in [4.69, 9.17) is 5.73 Å². The molecule has 0 spiro atoms. The predicted octanol–water partition coefficient (Wildman–Crippen LogP) is 4.94. The number of aliphatic imine (C=N–C) groups is 2. The van der Waals surface area contributed by atoms with Crippen LogP contribution in [0.15, 0.2) is 51.6 Å². The van der Waals surface area contributed by atoms with Crippen LogP contribution < -0.4 is 5.73 Å². The van der Waals surface area contributed by atoms with Gasteiger partial charge in [-0.05, 0) is 50.0 Å². The Morgan fingerprint density at radius 2 is 2.10 bits per heavy atom. The van der Waals surface area contributed by atoms with Crippen LogP contribution in [0.2, 0.25) is 0 Å². The highest BCUT2D eigenvalue weighted by atomic mass is 19.1. The van der Waals surface area contributed by atoms with Crippen molar-refractivity contribution in [3.63, 3.8) is 0 Å². The van der Waals surface area contributed by atoms with Gasteiger partial charge in [0.15, 0.2) is 0 Å². The van der Waals surface area contributed by atoms with Crippen LogP contribution in [0.4, 0.5) is 8.78 Å². The molecule has 3 N–H and O–H groups in total. The van der Waals surface area contributed by atoms with E-state index in [1.54, 1.807) is 6.20 Å². The van der Waals surface area contributed by atoms with Crippen LogP contribution in [0.25, 0.3) is 0 Å². The molecule has 1 aromatic carbocycles. The molecule has 1 aromatic rings. The fourth-order valence-electron chi connectivity index (χ4n) is 4.13. The topological polar surface area (TPSA) is 74.2 Å². The van der Waals surface area contributed by atoms with Crippen molar-refractivity contribution in [1.29, 1.82) is 0 Å². The highest BCUT2D eigenvalue weighted by molar-refractivity contribution is 6.00. The van der Waals surface area contributed by atoms with Crippen molar-refractivity contribution in [3.8, 4) is 5.75 Å². The van der Waals surface area contributed by atoms with Crippen LogP contribution in [-0.2, 0) is 0 Å². The van der Waals surface area contributed by atoms with Gasteiger partial charge < -0.3 is 10.8 Å². The van der Waals surface area contributed by atoms with Crippen LogP contribution in [0.3, 0.4) is 0 Å². The van der Waals surface area contributed by atoms with Gasteiger partial charge in [-0.15, -0.1) is 0 Å². The standard InChI is InChI=1S/C24H34F2N4O/c1-5-10-28-16(4)21(13-30-12-17(6-2)22(26)14-30)19(7-3)24(29-15-27)20-9-8-18(25)11-23(20)31/h5,8-11,15,17,22,24,31H,6-7,12-14H2,1-4H3,(H2,27,29)/b10-5-,21-19-,28-16+/t17?,22?,24-/m1/s1. The first kappa shape index (κ1) is 24.7. The molecule has 1 aliphatic rings. The van der Waals surface area contributed by atoms with Gasteiger partial charge in [0.1, 0.15) is 23.8 Å². The number of aromatic hydroxyl groups is 1. The van der Waals surface area contributed by atoms with Crippen molar-refractivity contribution in [2.24, 2.45) is 21.6 Å². The van der Waals surface area contributed by atoms with Gasteiger partial charge in [-0.1, -0.05) is 19.9 Å². The highest BCUT2D eigenvalue weighted by Gasteiger charge is 2.33. The maximum atomic E-state index is 14.4. The number of rotatable bonds is 9. The second-order valence-electron chi connectivity index (χ2n) is 7.84. The van der Waals surface area contributed by atoms with E-state index < -0.39 is 18.0 Å². The molecule has 0 radical (unpaired) electrons. The van der Waals surface area contributed by atoms with Crippen LogP contribution in [-0.4, -0.2) is 47.9 Å². The minimum Gasteiger partial charge on any atom is -0.507 e. The molecule has 0 aliphatic carbocycles. The van der Waals surface area contributed by atoms with E-state index >= 15 is 0 Å². The smallest absolute Gasteiger partial charge is 0.126 e. The summed E-state index contributed by atoms with van der Waals surface area (Å²) in [5, 5.41) is 10.4. The molecule has 0 bridgehead atoms. The monoisotopic (exact) mass is 432 g/mol. The van der Waals surface area contributed by atoms with E-state index in [9.17, 15) is 13.9 Å². The van der Waals surface area contributed by atoms with Gasteiger partial charge in [0.2, 0.25) is 0 Å². The van der Waals surface area contributed by atoms with Gasteiger partial charge in [0.25, 0.3) is 0 Å². The van der Waals surface area contributed by atoms with Crippen molar-refractivity contribution in [2.45, 2.75) is 52.8 Å². The van der Waals surface area contributed by atoms with Crippen molar-refractivity contribution in [3.05, 3.63) is 53.0 Å². The van der Waals surface area contributed by atoms with Gasteiger partial charge in [0, 0.05) is 49.1 Å². The Morgan fingerprint density at radius 3 is 2.65 bits per heavy atom. The number of hydrogen-bond acceptors (Lipinski definition) is 4. The Morgan fingerprint density at radius 1 is 1.35 bits per heavy atom. The van der Waals surface area contributed by atoms with Crippen molar-refractivity contribution in [1.82, 2.24) is 4.90 Å². The molecule has 7 heteroatoms. The molecule has 3 atom stereocenters. The lowest BCUT2D eigenvalue weighted by Crippen LogP contribution is -2.27. The third kappa shape index (κ3) is 6.23. The maximum Gasteiger partial charge on any atom is 0.126 e. The zero-order valence-electron chi connectivity index (χ0n) is 18.9.